The van der Waals surface area contributed by atoms with Gasteiger partial charge in [-0.3, -0.25) is 0 Å². The van der Waals surface area contributed by atoms with Crippen molar-refractivity contribution < 1.29 is 15.7 Å². The van der Waals surface area contributed by atoms with Crippen LogP contribution in [0.1, 0.15) is 112 Å². The quantitative estimate of drug-likeness (QED) is 0.141. The van der Waals surface area contributed by atoms with Gasteiger partial charge in [-0.25, -0.2) is 0 Å². The van der Waals surface area contributed by atoms with E-state index in [1.165, 1.54) is 33.4 Å². The molecule has 0 amide bonds. The van der Waals surface area contributed by atoms with Crippen LogP contribution in [0.15, 0.2) is 291 Å². The summed E-state index contributed by atoms with van der Waals surface area (Å²) in [7, 11) is 0. The van der Waals surface area contributed by atoms with Crippen molar-refractivity contribution in [2.45, 2.75) is 84.0 Å². The van der Waals surface area contributed by atoms with Gasteiger partial charge in [0, 0.05) is 45.0 Å². The zero-order valence-electron chi connectivity index (χ0n) is 63.0. The van der Waals surface area contributed by atoms with E-state index >= 15 is 0 Å². The molecule has 4 heteroatoms. The van der Waals surface area contributed by atoms with Crippen LogP contribution in [0.5, 0.6) is 11.5 Å². The molecular formula is C91H75BN2O. The molecule has 3 aliphatic rings. The lowest BCUT2D eigenvalue weighted by Crippen LogP contribution is -2.59. The molecule has 3 heterocycles. The number of aromatic nitrogens is 1. The number of hydrogen-bond acceptors (Lipinski definition) is 2. The first-order chi connectivity index (χ1) is 49.3. The number of fused-ring (bicyclic) bond motifs is 10. The van der Waals surface area contributed by atoms with Crippen LogP contribution in [0.3, 0.4) is 0 Å². The third-order valence-electron chi connectivity index (χ3n) is 20.2. The molecule has 0 atom stereocenters. The Morgan fingerprint density at radius 1 is 0.379 bits per heavy atom. The third kappa shape index (κ3) is 9.23. The Labute approximate surface area is 571 Å². The SMILES string of the molecule is [2H]c1c([2H])c([2H])c2c(c1[2H])c1c([2H])c([2H])c([2H])c([2H])c1n2-c1ccc2c(c1)Oc1cc(-c3cc(C(C)(C)C)cc(C(C)(C)C)c3)cc3c1B2c1cc(-c2cccc4c2C(c2ccccc2)(c2ccccc2)c2ccccc2-4)ccc1N3c1c(-c2ccccc2)cc(C(C)(C)C)cc1-c1ccccc1. The highest BCUT2D eigenvalue weighted by molar-refractivity contribution is 6.99. The fraction of sp³-hybridized carbons (Fsp3) is 0.143. The summed E-state index contributed by atoms with van der Waals surface area (Å²) in [4.78, 5) is 2.53. The van der Waals surface area contributed by atoms with Gasteiger partial charge in [-0.15, -0.1) is 0 Å². The van der Waals surface area contributed by atoms with Gasteiger partial charge >= 0.3 is 0 Å². The minimum absolute atomic E-state index is 0.00604. The Morgan fingerprint density at radius 2 is 0.895 bits per heavy atom. The van der Waals surface area contributed by atoms with Gasteiger partial charge in [-0.1, -0.05) is 299 Å². The Kier molecular flexibility index (Phi) is 11.4. The molecular weight excluding hydrogens is 1150 g/mol. The molecule has 1 aliphatic carbocycles. The van der Waals surface area contributed by atoms with Crippen molar-refractivity contribution >= 4 is 62.0 Å². The minimum atomic E-state index is -0.732. The molecule has 17 rings (SSSR count). The second kappa shape index (κ2) is 21.7. The lowest BCUT2D eigenvalue weighted by atomic mass is 9.34. The number of rotatable bonds is 8. The van der Waals surface area contributed by atoms with Crippen LogP contribution >= 0.6 is 0 Å². The molecule has 458 valence electrons. The molecule has 13 aromatic carbocycles. The maximum atomic E-state index is 9.57. The molecule has 1 aromatic heterocycles. The maximum absolute atomic E-state index is 9.57. The number of benzene rings is 13. The minimum Gasteiger partial charge on any atom is -0.458 e. The fourth-order valence-electron chi connectivity index (χ4n) is 15.5. The number of hydrogen-bond donors (Lipinski definition) is 0. The van der Waals surface area contributed by atoms with Crippen molar-refractivity contribution in [1.29, 1.82) is 0 Å². The summed E-state index contributed by atoms with van der Waals surface area (Å²) in [5, 5.41) is 0.0121. The van der Waals surface area contributed by atoms with Crippen molar-refractivity contribution in [1.82, 2.24) is 4.57 Å². The van der Waals surface area contributed by atoms with Gasteiger partial charge in [0.15, 0.2) is 0 Å². The van der Waals surface area contributed by atoms with E-state index in [-0.39, 0.29) is 50.1 Å². The summed E-state index contributed by atoms with van der Waals surface area (Å²) in [5.41, 5.74) is 23.6. The van der Waals surface area contributed by atoms with Crippen LogP contribution < -0.4 is 26.0 Å². The van der Waals surface area contributed by atoms with Crippen LogP contribution in [-0.2, 0) is 21.7 Å². The molecule has 0 bridgehead atoms. The van der Waals surface area contributed by atoms with Crippen molar-refractivity contribution in [3.63, 3.8) is 0 Å². The Morgan fingerprint density at radius 3 is 1.48 bits per heavy atom. The monoisotopic (exact) mass is 1230 g/mol. The predicted molar refractivity (Wildman–Crippen MR) is 402 cm³/mol. The number of nitrogens with zero attached hydrogens (tertiary/aromatic N) is 2. The highest BCUT2D eigenvalue weighted by Gasteiger charge is 2.49. The highest BCUT2D eigenvalue weighted by Crippen LogP contribution is 2.59. The predicted octanol–water partition coefficient (Wildman–Crippen LogP) is 22.1. The molecule has 3 nitrogen and oxygen atoms in total. The van der Waals surface area contributed by atoms with E-state index in [1.807, 2.05) is 12.1 Å². The molecule has 0 fully saturated rings. The van der Waals surface area contributed by atoms with E-state index in [2.05, 4.69) is 298 Å². The molecule has 2 aliphatic heterocycles. The van der Waals surface area contributed by atoms with Gasteiger partial charge in [0.2, 0.25) is 0 Å². The van der Waals surface area contributed by atoms with Crippen LogP contribution in [0.2, 0.25) is 0 Å². The zero-order chi connectivity index (χ0) is 71.7. The molecule has 0 radical (unpaired) electrons. The summed E-state index contributed by atoms with van der Waals surface area (Å²) < 4.78 is 83.1. The Bertz CT molecular complexity index is 5680. The van der Waals surface area contributed by atoms with Gasteiger partial charge in [0.1, 0.15) is 11.5 Å². The van der Waals surface area contributed by atoms with E-state index in [0.717, 1.165) is 94.6 Å². The lowest BCUT2D eigenvalue weighted by Gasteiger charge is -2.42. The Hall–Kier alpha value is -10.7. The first-order valence-corrected chi connectivity index (χ1v) is 33.1. The van der Waals surface area contributed by atoms with Gasteiger partial charge in [-0.05, 0) is 165 Å². The summed E-state index contributed by atoms with van der Waals surface area (Å²) in [6.45, 7) is 19.9. The second-order valence-corrected chi connectivity index (χ2v) is 29.0. The largest absolute Gasteiger partial charge is 0.458 e. The molecule has 0 saturated heterocycles. The molecule has 95 heavy (non-hydrogen) atoms. The van der Waals surface area contributed by atoms with Gasteiger partial charge in [-0.2, -0.15) is 0 Å². The first-order valence-electron chi connectivity index (χ1n) is 37.1. The van der Waals surface area contributed by atoms with E-state index in [4.69, 9.17) is 10.2 Å². The second-order valence-electron chi connectivity index (χ2n) is 29.0. The third-order valence-corrected chi connectivity index (χ3v) is 20.2. The van der Waals surface area contributed by atoms with E-state index in [0.29, 0.717) is 17.2 Å². The van der Waals surface area contributed by atoms with Crippen LogP contribution in [0.4, 0.5) is 17.1 Å². The average Bonchev–Trinajstić information content (AvgIpc) is 1.69. The average molecular weight is 1230 g/mol. The first kappa shape index (κ1) is 49.9. The summed E-state index contributed by atoms with van der Waals surface area (Å²) in [6.07, 6.45) is 0. The van der Waals surface area contributed by atoms with Crippen LogP contribution in [0, 0.1) is 0 Å². The van der Waals surface area contributed by atoms with E-state index < -0.39 is 48.4 Å². The van der Waals surface area contributed by atoms with Gasteiger partial charge in [0.05, 0.1) is 33.1 Å². The Balaban J connectivity index is 1.02. The van der Waals surface area contributed by atoms with E-state index in [9.17, 15) is 5.48 Å². The summed E-state index contributed by atoms with van der Waals surface area (Å²) in [6, 6.07) is 84.9. The molecule has 0 saturated carbocycles. The van der Waals surface area contributed by atoms with Crippen LogP contribution in [-0.4, -0.2) is 11.3 Å². The molecule has 14 aromatic rings. The number of para-hydroxylation sites is 2. The van der Waals surface area contributed by atoms with Crippen molar-refractivity contribution in [2.24, 2.45) is 0 Å². The van der Waals surface area contributed by atoms with E-state index in [1.54, 1.807) is 4.57 Å². The number of ether oxygens (including phenoxy) is 1. The standard InChI is InChI=1S/C91H75BN2O/c1-88(2,3)65-49-61(50-66(54-65)89(4,5)6)62-52-82-86-84(53-62)95-83-57-68(93-79-43-26-23-38-71(79)72-39-24-27-44-80(72)93)46-47-77(83)92(86)78-51-60(69-40-28-41-73-70-37-22-25-42-76(70)91(85(69)73,63-33-18-12-19-34-63)64-35-20-13-21-36-64)45-48-81(78)94(82)87-74(58-29-14-10-15-30-58)55-67(90(7,8)9)56-75(87)59-31-16-11-17-32-59/h10-57H,1-9H3/i23D,24D,26D,27D,38D,39D,43D,44D. The summed E-state index contributed by atoms with van der Waals surface area (Å²) >= 11 is 0. The highest BCUT2D eigenvalue weighted by atomic mass is 16.5. The lowest BCUT2D eigenvalue weighted by molar-refractivity contribution is 0.487. The fourth-order valence-corrected chi connectivity index (χ4v) is 15.5. The number of anilines is 3. The molecule has 0 N–H and O–H groups in total. The zero-order valence-corrected chi connectivity index (χ0v) is 55.0. The maximum Gasteiger partial charge on any atom is 0.256 e. The van der Waals surface area contributed by atoms with Gasteiger partial charge < -0.3 is 14.2 Å². The summed E-state index contributed by atoms with van der Waals surface area (Å²) in [5.74, 6) is 1.09. The van der Waals surface area contributed by atoms with Crippen molar-refractivity contribution in [3.05, 3.63) is 330 Å². The topological polar surface area (TPSA) is 17.4 Å². The normalized spacial score (nSPS) is 14.8. The molecule has 0 unspecified atom stereocenters. The smallest absolute Gasteiger partial charge is 0.256 e. The van der Waals surface area contributed by atoms with Gasteiger partial charge in [0.25, 0.3) is 6.71 Å². The van der Waals surface area contributed by atoms with Crippen molar-refractivity contribution in [2.75, 3.05) is 4.90 Å². The van der Waals surface area contributed by atoms with Crippen molar-refractivity contribution in [3.8, 4) is 72.8 Å². The van der Waals surface area contributed by atoms with Crippen LogP contribution in [0.25, 0.3) is 83.1 Å². The molecule has 0 spiro atoms.